The highest BCUT2D eigenvalue weighted by molar-refractivity contribution is 6.43. The number of carbonyl (C=O) groups excluding carboxylic acids is 1. The molecule has 3 aromatic rings. The third-order valence-electron chi connectivity index (χ3n) is 4.01. The lowest BCUT2D eigenvalue weighted by Gasteiger charge is -2.09. The minimum Gasteiger partial charge on any atom is -0.383 e. The second kappa shape index (κ2) is 8.28. The molecule has 0 saturated heterocycles. The van der Waals surface area contributed by atoms with Crippen molar-refractivity contribution in [2.24, 2.45) is 0 Å². The van der Waals surface area contributed by atoms with E-state index in [4.69, 9.17) is 23.2 Å². The van der Waals surface area contributed by atoms with Crippen LogP contribution in [0.15, 0.2) is 48.7 Å². The average Bonchev–Trinajstić information content (AvgIpc) is 3.02. The molecule has 2 aromatic carbocycles. The molecule has 0 aliphatic heterocycles. The predicted octanol–water partition coefficient (Wildman–Crippen LogP) is 4.64. The molecule has 1 amide bonds. The normalized spacial score (nSPS) is 10.8. The highest BCUT2D eigenvalue weighted by atomic mass is 35.5. The largest absolute Gasteiger partial charge is 0.383 e. The number of fused-ring (bicyclic) bond motifs is 1. The first-order valence-corrected chi connectivity index (χ1v) is 8.90. The van der Waals surface area contributed by atoms with Crippen LogP contribution in [0.2, 0.25) is 10.0 Å². The number of aromatic nitrogens is 1. The van der Waals surface area contributed by atoms with E-state index in [9.17, 15) is 4.79 Å². The van der Waals surface area contributed by atoms with Gasteiger partial charge in [0.2, 0.25) is 5.91 Å². The van der Waals surface area contributed by atoms with Crippen molar-refractivity contribution >= 4 is 45.7 Å². The van der Waals surface area contributed by atoms with Crippen molar-refractivity contribution in [1.82, 2.24) is 10.3 Å². The molecule has 0 bridgehead atoms. The lowest BCUT2D eigenvalue weighted by molar-refractivity contribution is -0.120. The van der Waals surface area contributed by atoms with Gasteiger partial charge in [0.1, 0.15) is 0 Å². The molecule has 1 heterocycles. The van der Waals surface area contributed by atoms with Crippen molar-refractivity contribution in [3.8, 4) is 0 Å². The minimum absolute atomic E-state index is 0.00508. The third kappa shape index (κ3) is 4.47. The van der Waals surface area contributed by atoms with E-state index in [0.717, 1.165) is 17.6 Å². The van der Waals surface area contributed by atoms with Crippen LogP contribution in [0.1, 0.15) is 12.0 Å². The second-order valence-corrected chi connectivity index (χ2v) is 6.52. The zero-order valence-corrected chi connectivity index (χ0v) is 15.1. The van der Waals surface area contributed by atoms with Crippen LogP contribution in [-0.2, 0) is 11.2 Å². The van der Waals surface area contributed by atoms with E-state index < -0.39 is 0 Å². The SMILES string of the molecule is O=C(CCNc1cccc(Cl)c1Cl)NCCc1c[nH]c2ccccc12. The van der Waals surface area contributed by atoms with Gasteiger partial charge in [-0.1, -0.05) is 47.5 Å². The van der Waals surface area contributed by atoms with Crippen LogP contribution in [0.3, 0.4) is 0 Å². The number of amides is 1. The van der Waals surface area contributed by atoms with Gasteiger partial charge in [0.05, 0.1) is 15.7 Å². The molecule has 0 atom stereocenters. The number of H-pyrrole nitrogens is 1. The molecule has 3 N–H and O–H groups in total. The summed E-state index contributed by atoms with van der Waals surface area (Å²) in [6.07, 6.45) is 3.17. The molecule has 0 radical (unpaired) electrons. The Morgan fingerprint density at radius 3 is 2.76 bits per heavy atom. The van der Waals surface area contributed by atoms with Gasteiger partial charge >= 0.3 is 0 Å². The van der Waals surface area contributed by atoms with Crippen molar-refractivity contribution in [2.75, 3.05) is 18.4 Å². The molecule has 0 spiro atoms. The van der Waals surface area contributed by atoms with Gasteiger partial charge in [0.15, 0.2) is 0 Å². The maximum Gasteiger partial charge on any atom is 0.221 e. The summed E-state index contributed by atoms with van der Waals surface area (Å²) < 4.78 is 0. The maximum atomic E-state index is 12.0. The number of hydrogen-bond donors (Lipinski definition) is 3. The highest BCUT2D eigenvalue weighted by Crippen LogP contribution is 2.29. The molecule has 0 saturated carbocycles. The van der Waals surface area contributed by atoms with Gasteiger partial charge in [-0.05, 0) is 30.2 Å². The zero-order valence-electron chi connectivity index (χ0n) is 13.6. The highest BCUT2D eigenvalue weighted by Gasteiger charge is 2.06. The first-order chi connectivity index (χ1) is 12.1. The van der Waals surface area contributed by atoms with Gasteiger partial charge in [0, 0.05) is 36.6 Å². The molecule has 1 aromatic heterocycles. The van der Waals surface area contributed by atoms with E-state index in [-0.39, 0.29) is 5.91 Å². The maximum absolute atomic E-state index is 12.0. The van der Waals surface area contributed by atoms with Crippen molar-refractivity contribution < 1.29 is 4.79 Å². The predicted molar refractivity (Wildman–Crippen MR) is 105 cm³/mol. The fraction of sp³-hybridized carbons (Fsp3) is 0.211. The summed E-state index contributed by atoms with van der Waals surface area (Å²) >= 11 is 12.1. The van der Waals surface area contributed by atoms with Gasteiger partial charge in [-0.25, -0.2) is 0 Å². The molecular formula is C19H19Cl2N3O. The Bertz CT molecular complexity index is 876. The Hall–Kier alpha value is -2.17. The number of aromatic amines is 1. The van der Waals surface area contributed by atoms with Crippen LogP contribution in [0.25, 0.3) is 10.9 Å². The van der Waals surface area contributed by atoms with Crippen LogP contribution in [-0.4, -0.2) is 24.0 Å². The summed E-state index contributed by atoms with van der Waals surface area (Å²) in [4.78, 5) is 15.2. The Morgan fingerprint density at radius 1 is 1.04 bits per heavy atom. The second-order valence-electron chi connectivity index (χ2n) is 5.74. The standard InChI is InChI=1S/C19H19Cl2N3O/c20-15-5-3-7-17(19(15)21)22-11-9-18(25)23-10-8-13-12-24-16-6-2-1-4-14(13)16/h1-7,12,22,24H,8-11H2,(H,23,25). The lowest BCUT2D eigenvalue weighted by atomic mass is 10.1. The summed E-state index contributed by atoms with van der Waals surface area (Å²) in [5, 5.41) is 8.25. The van der Waals surface area contributed by atoms with Crippen LogP contribution < -0.4 is 10.6 Å². The monoisotopic (exact) mass is 375 g/mol. The summed E-state index contributed by atoms with van der Waals surface area (Å²) in [6.45, 7) is 1.11. The van der Waals surface area contributed by atoms with Crippen LogP contribution in [0.4, 0.5) is 5.69 Å². The van der Waals surface area contributed by atoms with Gasteiger partial charge < -0.3 is 15.6 Å². The number of hydrogen-bond acceptors (Lipinski definition) is 2. The van der Waals surface area contributed by atoms with Gasteiger partial charge in [0.25, 0.3) is 0 Å². The molecule has 0 aliphatic carbocycles. The summed E-state index contributed by atoms with van der Waals surface area (Å²) in [7, 11) is 0. The van der Waals surface area contributed by atoms with Gasteiger partial charge in [-0.3, -0.25) is 4.79 Å². The van der Waals surface area contributed by atoms with E-state index in [1.54, 1.807) is 6.07 Å². The minimum atomic E-state index is 0.00508. The molecule has 4 nitrogen and oxygen atoms in total. The topological polar surface area (TPSA) is 56.9 Å². The number of para-hydroxylation sites is 1. The zero-order chi connectivity index (χ0) is 17.6. The number of anilines is 1. The average molecular weight is 376 g/mol. The number of carbonyl (C=O) groups is 1. The molecule has 3 rings (SSSR count). The molecule has 0 unspecified atom stereocenters. The summed E-state index contributed by atoms with van der Waals surface area (Å²) in [5.74, 6) is 0.00508. The molecule has 6 heteroatoms. The van der Waals surface area contributed by atoms with Gasteiger partial charge in [-0.2, -0.15) is 0 Å². The van der Waals surface area contributed by atoms with E-state index in [1.165, 1.54) is 10.9 Å². The van der Waals surface area contributed by atoms with Crippen LogP contribution in [0, 0.1) is 0 Å². The summed E-state index contributed by atoms with van der Waals surface area (Å²) in [6, 6.07) is 13.5. The lowest BCUT2D eigenvalue weighted by Crippen LogP contribution is -2.27. The van der Waals surface area contributed by atoms with Crippen molar-refractivity contribution in [2.45, 2.75) is 12.8 Å². The molecule has 130 valence electrons. The van der Waals surface area contributed by atoms with E-state index in [1.807, 2.05) is 36.5 Å². The Morgan fingerprint density at radius 2 is 1.88 bits per heavy atom. The number of nitrogens with one attached hydrogen (secondary N) is 3. The smallest absolute Gasteiger partial charge is 0.221 e. The third-order valence-corrected chi connectivity index (χ3v) is 4.83. The number of halogens is 2. The van der Waals surface area contributed by atoms with Crippen molar-refractivity contribution in [3.63, 3.8) is 0 Å². The Labute approximate surface area is 156 Å². The Kier molecular flexibility index (Phi) is 5.84. The molecule has 25 heavy (non-hydrogen) atoms. The summed E-state index contributed by atoms with van der Waals surface area (Å²) in [5.41, 5.74) is 3.06. The van der Waals surface area contributed by atoms with E-state index in [0.29, 0.717) is 29.6 Å². The Balaban J connectivity index is 1.42. The molecular weight excluding hydrogens is 357 g/mol. The fourth-order valence-corrected chi connectivity index (χ4v) is 3.08. The van der Waals surface area contributed by atoms with Gasteiger partial charge in [-0.15, -0.1) is 0 Å². The fourth-order valence-electron chi connectivity index (χ4n) is 2.71. The molecule has 0 fully saturated rings. The first-order valence-electron chi connectivity index (χ1n) is 8.15. The van der Waals surface area contributed by atoms with Crippen molar-refractivity contribution in [3.05, 3.63) is 64.3 Å². The van der Waals surface area contributed by atoms with Crippen LogP contribution >= 0.6 is 23.2 Å². The number of rotatable bonds is 7. The first kappa shape index (κ1) is 17.6. The van der Waals surface area contributed by atoms with E-state index in [2.05, 4.69) is 21.7 Å². The van der Waals surface area contributed by atoms with Crippen LogP contribution in [0.5, 0.6) is 0 Å². The molecule has 0 aliphatic rings. The van der Waals surface area contributed by atoms with E-state index >= 15 is 0 Å². The quantitative estimate of drug-likeness (QED) is 0.563. The number of benzene rings is 2. The van der Waals surface area contributed by atoms with Crippen molar-refractivity contribution in [1.29, 1.82) is 0 Å².